The highest BCUT2D eigenvalue weighted by atomic mass is 32.2. The van der Waals surface area contributed by atoms with Crippen LogP contribution in [0.2, 0.25) is 0 Å². The van der Waals surface area contributed by atoms with E-state index in [0.29, 0.717) is 24.9 Å². The maximum Gasteiger partial charge on any atom is 0.288 e. The molecular formula is C18H18F2N2O3S2. The number of nitrogens with one attached hydrogen (secondary N) is 1. The number of hydrogen-bond acceptors (Lipinski definition) is 4. The summed E-state index contributed by atoms with van der Waals surface area (Å²) in [4.78, 5) is 12.8. The van der Waals surface area contributed by atoms with Gasteiger partial charge < -0.3 is 5.32 Å². The van der Waals surface area contributed by atoms with Gasteiger partial charge in [-0.25, -0.2) is 8.42 Å². The summed E-state index contributed by atoms with van der Waals surface area (Å²) < 4.78 is 52.0. The highest BCUT2D eigenvalue weighted by Gasteiger charge is 2.27. The van der Waals surface area contributed by atoms with E-state index in [-0.39, 0.29) is 21.0 Å². The third-order valence-corrected chi connectivity index (χ3v) is 6.83. The summed E-state index contributed by atoms with van der Waals surface area (Å²) in [6.45, 7) is 0.938. The van der Waals surface area contributed by atoms with Gasteiger partial charge in [-0.1, -0.05) is 30.0 Å². The average Bonchev–Trinajstić information content (AvgIpc) is 3.18. The van der Waals surface area contributed by atoms with Crippen LogP contribution in [0, 0.1) is 0 Å². The first-order chi connectivity index (χ1) is 12.9. The first kappa shape index (κ1) is 19.8. The van der Waals surface area contributed by atoms with Crippen molar-refractivity contribution in [1.82, 2.24) is 4.31 Å². The predicted molar refractivity (Wildman–Crippen MR) is 101 cm³/mol. The van der Waals surface area contributed by atoms with Crippen molar-refractivity contribution in [3.05, 3.63) is 54.1 Å². The van der Waals surface area contributed by atoms with Crippen molar-refractivity contribution < 1.29 is 22.0 Å². The first-order valence-electron chi connectivity index (χ1n) is 8.33. The monoisotopic (exact) mass is 412 g/mol. The van der Waals surface area contributed by atoms with Crippen LogP contribution < -0.4 is 5.32 Å². The molecule has 1 heterocycles. The number of para-hydroxylation sites is 1. The summed E-state index contributed by atoms with van der Waals surface area (Å²) in [5, 5.41) is 2.58. The quantitative estimate of drug-likeness (QED) is 0.728. The number of halogens is 2. The van der Waals surface area contributed by atoms with E-state index in [4.69, 9.17) is 0 Å². The molecule has 1 amide bonds. The maximum absolute atomic E-state index is 12.7. The highest BCUT2D eigenvalue weighted by Crippen LogP contribution is 2.32. The van der Waals surface area contributed by atoms with Gasteiger partial charge in [0.15, 0.2) is 0 Å². The maximum atomic E-state index is 12.7. The molecule has 0 bridgehead atoms. The fourth-order valence-corrected chi connectivity index (χ4v) is 5.00. The Morgan fingerprint density at radius 1 is 1.07 bits per heavy atom. The van der Waals surface area contributed by atoms with Gasteiger partial charge in [0.1, 0.15) is 0 Å². The minimum absolute atomic E-state index is 0.0484. The number of nitrogens with zero attached hydrogens (tertiary/aromatic N) is 1. The lowest BCUT2D eigenvalue weighted by Crippen LogP contribution is -2.28. The van der Waals surface area contributed by atoms with Crippen molar-refractivity contribution in [3.8, 4) is 0 Å². The number of alkyl halides is 2. The molecule has 1 saturated heterocycles. The minimum atomic E-state index is -3.64. The molecular weight excluding hydrogens is 394 g/mol. The molecule has 1 aliphatic rings. The molecule has 1 N–H and O–H groups in total. The third kappa shape index (κ3) is 4.66. The Bertz CT molecular complexity index is 930. The predicted octanol–water partition coefficient (Wildman–Crippen LogP) is 4.04. The molecule has 0 spiro atoms. The summed E-state index contributed by atoms with van der Waals surface area (Å²) in [5.41, 5.74) is 0.396. The van der Waals surface area contributed by atoms with Crippen molar-refractivity contribution in [3.63, 3.8) is 0 Å². The Morgan fingerprint density at radius 2 is 1.78 bits per heavy atom. The zero-order valence-electron chi connectivity index (χ0n) is 14.3. The van der Waals surface area contributed by atoms with Crippen LogP contribution in [0.4, 0.5) is 14.5 Å². The van der Waals surface area contributed by atoms with E-state index in [1.54, 1.807) is 12.1 Å². The van der Waals surface area contributed by atoms with Crippen LogP contribution in [0.25, 0.3) is 0 Å². The van der Waals surface area contributed by atoms with Crippen molar-refractivity contribution in [2.45, 2.75) is 28.4 Å². The Kier molecular flexibility index (Phi) is 6.13. The molecule has 2 aromatic carbocycles. The fraction of sp³-hybridized carbons (Fsp3) is 0.278. The van der Waals surface area contributed by atoms with Gasteiger partial charge >= 0.3 is 0 Å². The van der Waals surface area contributed by atoms with Crippen molar-refractivity contribution in [2.24, 2.45) is 0 Å². The van der Waals surface area contributed by atoms with E-state index >= 15 is 0 Å². The zero-order valence-corrected chi connectivity index (χ0v) is 15.9. The average molecular weight is 412 g/mol. The second kappa shape index (κ2) is 8.37. The Balaban J connectivity index is 1.83. The molecule has 3 rings (SSSR count). The number of hydrogen-bond donors (Lipinski definition) is 1. The SMILES string of the molecule is O=C(Nc1ccccc1SC(F)F)c1cccc(S(=O)(=O)N2CCCC2)c1. The number of thioether (sulfide) groups is 1. The number of rotatable bonds is 6. The lowest BCUT2D eigenvalue weighted by atomic mass is 10.2. The smallest absolute Gasteiger partial charge is 0.288 e. The molecule has 2 aromatic rings. The van der Waals surface area contributed by atoms with E-state index in [1.807, 2.05) is 0 Å². The van der Waals surface area contributed by atoms with Gasteiger partial charge in [0.2, 0.25) is 10.0 Å². The molecule has 0 atom stereocenters. The number of amides is 1. The normalized spacial score (nSPS) is 15.2. The second-order valence-corrected chi connectivity index (χ2v) is 8.94. The second-order valence-electron chi connectivity index (χ2n) is 5.97. The molecule has 0 radical (unpaired) electrons. The molecule has 0 aromatic heterocycles. The van der Waals surface area contributed by atoms with Crippen LogP contribution in [0.15, 0.2) is 58.3 Å². The van der Waals surface area contributed by atoms with Crippen molar-refractivity contribution in [1.29, 1.82) is 0 Å². The number of anilines is 1. The largest absolute Gasteiger partial charge is 0.321 e. The van der Waals surface area contributed by atoms with Gasteiger partial charge in [0.05, 0.1) is 10.6 Å². The first-order valence-corrected chi connectivity index (χ1v) is 10.7. The van der Waals surface area contributed by atoms with E-state index in [2.05, 4.69) is 5.32 Å². The van der Waals surface area contributed by atoms with E-state index in [1.165, 1.54) is 40.7 Å². The van der Waals surface area contributed by atoms with Gasteiger partial charge in [-0.15, -0.1) is 0 Å². The summed E-state index contributed by atoms with van der Waals surface area (Å²) in [5.74, 6) is -3.17. The molecule has 0 aliphatic carbocycles. The van der Waals surface area contributed by atoms with Crippen LogP contribution in [-0.4, -0.2) is 37.5 Å². The molecule has 0 unspecified atom stereocenters. The molecule has 9 heteroatoms. The highest BCUT2D eigenvalue weighted by molar-refractivity contribution is 7.99. The number of carbonyl (C=O) groups excluding carboxylic acids is 1. The molecule has 27 heavy (non-hydrogen) atoms. The lowest BCUT2D eigenvalue weighted by Gasteiger charge is -2.16. The van der Waals surface area contributed by atoms with Crippen LogP contribution >= 0.6 is 11.8 Å². The van der Waals surface area contributed by atoms with Crippen molar-refractivity contribution >= 4 is 33.4 Å². The lowest BCUT2D eigenvalue weighted by molar-refractivity contribution is 0.102. The number of sulfonamides is 1. The molecule has 5 nitrogen and oxygen atoms in total. The topological polar surface area (TPSA) is 66.5 Å². The van der Waals surface area contributed by atoms with E-state index in [9.17, 15) is 22.0 Å². The van der Waals surface area contributed by atoms with Crippen LogP contribution in [0.3, 0.4) is 0 Å². The molecule has 1 aliphatic heterocycles. The standard InChI is InChI=1S/C18H18F2N2O3S2/c19-18(20)26-16-9-2-1-8-15(16)21-17(23)13-6-5-7-14(12-13)27(24,25)22-10-3-4-11-22/h1-2,5-9,12,18H,3-4,10-11H2,(H,21,23). The zero-order chi connectivity index (χ0) is 19.4. The third-order valence-electron chi connectivity index (χ3n) is 4.15. The van der Waals surface area contributed by atoms with Crippen LogP contribution in [0.5, 0.6) is 0 Å². The van der Waals surface area contributed by atoms with Gasteiger partial charge in [-0.3, -0.25) is 4.79 Å². The number of carbonyl (C=O) groups is 1. The van der Waals surface area contributed by atoms with E-state index in [0.717, 1.165) is 12.8 Å². The van der Waals surface area contributed by atoms with Crippen LogP contribution in [0.1, 0.15) is 23.2 Å². The molecule has 1 fully saturated rings. The van der Waals surface area contributed by atoms with E-state index < -0.39 is 21.7 Å². The Labute approximate surface area is 160 Å². The van der Waals surface area contributed by atoms with Gasteiger partial charge in [0.25, 0.3) is 11.7 Å². The molecule has 144 valence electrons. The summed E-state index contributed by atoms with van der Waals surface area (Å²) >= 11 is 0.336. The number of benzene rings is 2. The van der Waals surface area contributed by atoms with Crippen LogP contribution in [-0.2, 0) is 10.0 Å². The Morgan fingerprint density at radius 3 is 2.48 bits per heavy atom. The molecule has 0 saturated carbocycles. The van der Waals surface area contributed by atoms with Gasteiger partial charge in [-0.05, 0) is 43.2 Å². The Hall–Kier alpha value is -1.97. The summed E-state index contributed by atoms with van der Waals surface area (Å²) in [6.07, 6.45) is 1.63. The van der Waals surface area contributed by atoms with Gasteiger partial charge in [-0.2, -0.15) is 13.1 Å². The fourth-order valence-electron chi connectivity index (χ4n) is 2.84. The summed E-state index contributed by atoms with van der Waals surface area (Å²) in [6, 6.07) is 12.0. The van der Waals surface area contributed by atoms with Crippen molar-refractivity contribution in [2.75, 3.05) is 18.4 Å². The van der Waals surface area contributed by atoms with Gasteiger partial charge in [0, 0.05) is 23.5 Å². The minimum Gasteiger partial charge on any atom is -0.321 e. The summed E-state index contributed by atoms with van der Waals surface area (Å²) in [7, 11) is -3.64.